The number of halogens is 1. The van der Waals surface area contributed by atoms with Gasteiger partial charge in [0.05, 0.1) is 35.1 Å². The van der Waals surface area contributed by atoms with Gasteiger partial charge in [0, 0.05) is 54.1 Å². The van der Waals surface area contributed by atoms with Crippen molar-refractivity contribution in [3.8, 4) is 11.4 Å². The number of carboxylic acids is 1. The van der Waals surface area contributed by atoms with Crippen LogP contribution in [0.15, 0.2) is 29.1 Å². The Balaban J connectivity index is 1.09. The second kappa shape index (κ2) is 18.0. The van der Waals surface area contributed by atoms with Crippen molar-refractivity contribution in [2.45, 2.75) is 122 Å². The van der Waals surface area contributed by atoms with Crippen molar-refractivity contribution >= 4 is 58.3 Å². The highest BCUT2D eigenvalue weighted by Crippen LogP contribution is 2.46. The number of hydrogen-bond donors (Lipinski definition) is 6. The Bertz CT molecular complexity index is 2660. The molecule has 0 saturated carbocycles. The number of aliphatic hydroxyl groups is 1. The molecule has 0 spiro atoms. The number of aryl methyl sites for hydroxylation is 1. The molecule has 1 aromatic carbocycles. The monoisotopic (exact) mass is 899 g/mol. The first-order chi connectivity index (χ1) is 30.7. The van der Waals surface area contributed by atoms with Gasteiger partial charge >= 0.3 is 11.9 Å². The topological polar surface area (TPSA) is 272 Å². The Kier molecular flexibility index (Phi) is 12.8. The zero-order chi connectivity index (χ0) is 47.2. The summed E-state index contributed by atoms with van der Waals surface area (Å²) in [6.07, 6.45) is 1.91. The summed E-state index contributed by atoms with van der Waals surface area (Å²) in [5, 5.41) is 32.1. The number of rotatable bonds is 16. The number of carboxylic acid groups (broad SMARTS) is 1. The van der Waals surface area contributed by atoms with Crippen LogP contribution in [-0.4, -0.2) is 96.7 Å². The van der Waals surface area contributed by atoms with Crippen LogP contribution in [0.1, 0.15) is 106 Å². The summed E-state index contributed by atoms with van der Waals surface area (Å²) in [4.78, 5) is 122. The average Bonchev–Trinajstić information content (AvgIpc) is 3.79. The minimum atomic E-state index is -2.07. The van der Waals surface area contributed by atoms with Gasteiger partial charge in [0.15, 0.2) is 5.60 Å². The summed E-state index contributed by atoms with van der Waals surface area (Å²) in [7, 11) is 0. The highest BCUT2D eigenvalue weighted by molar-refractivity contribution is 6.12. The number of hydrogen-bond acceptors (Lipinski definition) is 12. The summed E-state index contributed by atoms with van der Waals surface area (Å²) in [6.45, 7) is 7.62. The van der Waals surface area contributed by atoms with Crippen molar-refractivity contribution in [2.75, 3.05) is 6.54 Å². The number of carbonyl (C=O) groups is 8. The van der Waals surface area contributed by atoms with E-state index < -0.39 is 101 Å². The number of benzene rings is 1. The fourth-order valence-electron chi connectivity index (χ4n) is 9.01. The van der Waals surface area contributed by atoms with E-state index in [-0.39, 0.29) is 62.0 Å². The molecule has 2 aromatic heterocycles. The van der Waals surface area contributed by atoms with E-state index in [1.807, 2.05) is 0 Å². The minimum Gasteiger partial charge on any atom is -0.481 e. The molecule has 5 heterocycles. The Labute approximate surface area is 371 Å². The van der Waals surface area contributed by atoms with Crippen LogP contribution in [0.4, 0.5) is 4.39 Å². The number of nitrogens with one attached hydrogen (secondary N) is 4. The number of pyridine rings is 2. The summed E-state index contributed by atoms with van der Waals surface area (Å²) in [5.41, 5.74) is 0.873. The van der Waals surface area contributed by atoms with E-state index in [2.05, 4.69) is 21.3 Å². The fraction of sp³-hybridized carbons (Fsp3) is 0.467. The lowest BCUT2D eigenvalue weighted by molar-refractivity contribution is -0.172. The predicted octanol–water partition coefficient (Wildman–Crippen LogP) is 1.33. The molecule has 6 amide bonds. The first-order valence-corrected chi connectivity index (χ1v) is 21.5. The van der Waals surface area contributed by atoms with Gasteiger partial charge in [0.1, 0.15) is 30.5 Å². The third-order valence-corrected chi connectivity index (χ3v) is 12.7. The van der Waals surface area contributed by atoms with Crippen molar-refractivity contribution in [1.82, 2.24) is 35.7 Å². The zero-order valence-electron chi connectivity index (χ0n) is 36.5. The summed E-state index contributed by atoms with van der Waals surface area (Å²) in [5.74, 6) is -7.02. The largest absolute Gasteiger partial charge is 0.481 e. The Morgan fingerprint density at radius 2 is 1.66 bits per heavy atom. The Morgan fingerprint density at radius 3 is 2.32 bits per heavy atom. The summed E-state index contributed by atoms with van der Waals surface area (Å²) < 4.78 is 22.1. The number of aliphatic carboxylic acids is 1. The van der Waals surface area contributed by atoms with Crippen LogP contribution in [0, 0.1) is 18.7 Å². The second-order valence-corrected chi connectivity index (χ2v) is 17.2. The molecule has 3 aromatic rings. The van der Waals surface area contributed by atoms with Gasteiger partial charge < -0.3 is 40.8 Å². The van der Waals surface area contributed by atoms with Crippen LogP contribution in [0.5, 0.6) is 0 Å². The second-order valence-electron chi connectivity index (χ2n) is 17.2. The molecule has 65 heavy (non-hydrogen) atoms. The Morgan fingerprint density at radius 1 is 0.954 bits per heavy atom. The van der Waals surface area contributed by atoms with E-state index in [4.69, 9.17) is 9.72 Å². The van der Waals surface area contributed by atoms with Crippen molar-refractivity contribution in [2.24, 2.45) is 5.92 Å². The van der Waals surface area contributed by atoms with Crippen LogP contribution < -0.4 is 26.8 Å². The SMILES string of the molecule is CC[C@@]1(O)C(=O)OCc2c1cc1n(c2=O)Cc2c-1nc1cc(F)c(C)c3c1c2[C@@H](NC(=O)[C@@H](C)NC(=O)[C@@H](NC(=O)[C@H](CCC(=O)O)NC(=O)CCCN1C(=O)C=CC1=O)C(C)C)CC3. The van der Waals surface area contributed by atoms with Crippen LogP contribution in [0.25, 0.3) is 22.3 Å². The molecule has 4 aliphatic rings. The highest BCUT2D eigenvalue weighted by atomic mass is 19.1. The number of amides is 6. The van der Waals surface area contributed by atoms with Gasteiger partial charge in [0.2, 0.25) is 23.6 Å². The number of ether oxygens (including phenoxy) is 1. The van der Waals surface area contributed by atoms with E-state index in [1.165, 1.54) is 17.6 Å². The van der Waals surface area contributed by atoms with Crippen molar-refractivity contribution in [1.29, 1.82) is 0 Å². The van der Waals surface area contributed by atoms with Crippen molar-refractivity contribution in [3.63, 3.8) is 0 Å². The Hall–Kier alpha value is -6.83. The molecule has 3 aliphatic heterocycles. The van der Waals surface area contributed by atoms with E-state index >= 15 is 4.39 Å². The number of aromatic nitrogens is 2. The number of fused-ring (bicyclic) bond motifs is 5. The van der Waals surface area contributed by atoms with Crippen molar-refractivity contribution < 1.29 is 57.7 Å². The van der Waals surface area contributed by atoms with E-state index in [0.29, 0.717) is 51.9 Å². The maximum absolute atomic E-state index is 15.4. The maximum Gasteiger partial charge on any atom is 0.343 e. The van der Waals surface area contributed by atoms with Crippen molar-refractivity contribution in [3.05, 3.63) is 73.8 Å². The van der Waals surface area contributed by atoms with Gasteiger partial charge in [-0.1, -0.05) is 20.8 Å². The van der Waals surface area contributed by atoms with Crippen LogP contribution in [0.3, 0.4) is 0 Å². The molecule has 1 aliphatic carbocycles. The third-order valence-electron chi connectivity index (χ3n) is 12.7. The van der Waals surface area contributed by atoms with Crippen LogP contribution in [-0.2, 0) is 68.3 Å². The molecule has 0 fully saturated rings. The number of cyclic esters (lactones) is 1. The van der Waals surface area contributed by atoms with Gasteiger partial charge in [-0.2, -0.15) is 0 Å². The van der Waals surface area contributed by atoms with Gasteiger partial charge in [-0.05, 0) is 74.6 Å². The summed E-state index contributed by atoms with van der Waals surface area (Å²) >= 11 is 0. The maximum atomic E-state index is 15.4. The lowest BCUT2D eigenvalue weighted by atomic mass is 9.81. The van der Waals surface area contributed by atoms with Gasteiger partial charge in [0.25, 0.3) is 17.4 Å². The zero-order valence-corrected chi connectivity index (χ0v) is 36.5. The highest BCUT2D eigenvalue weighted by Gasteiger charge is 2.46. The molecule has 7 rings (SSSR count). The standard InChI is InChI=1S/C45H50FN7O12/c1-6-45(64)26-16-31-39-24(18-53(31)43(62)25(26)19-65-44(45)63)37-28(10-9-23-21(4)27(46)17-30(49-39)36(23)37)50-40(59)22(5)47-42(61)38(20(2)3)51-41(60)29(11-14-35(57)58)48-32(54)8-7-15-52-33(55)12-13-34(52)56/h12-13,16-17,20,22,28-29,38,64H,6-11,14-15,18-19H2,1-5H3,(H,47,61)(H,48,54)(H,50,59)(H,51,60)(H,57,58)/t22-,28+,29+,38+,45+/m1/s1. The van der Waals surface area contributed by atoms with Crippen LogP contribution >= 0.6 is 0 Å². The normalized spacial score (nSPS) is 19.5. The van der Waals surface area contributed by atoms with Gasteiger partial charge in [-0.25, -0.2) is 14.2 Å². The first kappa shape index (κ1) is 46.2. The van der Waals surface area contributed by atoms with Gasteiger partial charge in [-0.15, -0.1) is 0 Å². The molecule has 0 unspecified atom stereocenters. The molecule has 0 radical (unpaired) electrons. The smallest absolute Gasteiger partial charge is 0.343 e. The molecule has 6 N–H and O–H groups in total. The molecule has 5 atom stereocenters. The molecule has 344 valence electrons. The molecule has 19 nitrogen and oxygen atoms in total. The quantitative estimate of drug-likeness (QED) is 0.0686. The molecular formula is C45H50FN7O12. The van der Waals surface area contributed by atoms with Crippen LogP contribution in [0.2, 0.25) is 0 Å². The van der Waals surface area contributed by atoms with E-state index in [0.717, 1.165) is 17.1 Å². The number of esters is 1. The number of imide groups is 1. The predicted molar refractivity (Wildman–Crippen MR) is 227 cm³/mol. The van der Waals surface area contributed by atoms with Gasteiger partial charge in [-0.3, -0.25) is 43.3 Å². The average molecular weight is 900 g/mol. The lowest BCUT2D eigenvalue weighted by Crippen LogP contribution is -2.58. The molecule has 20 heteroatoms. The summed E-state index contributed by atoms with van der Waals surface area (Å²) in [6, 6.07) is -1.64. The third kappa shape index (κ3) is 8.61. The molecule has 0 saturated heterocycles. The molecule has 0 bridgehead atoms. The first-order valence-electron chi connectivity index (χ1n) is 21.5. The minimum absolute atomic E-state index is 0.0179. The fourth-order valence-corrected chi connectivity index (χ4v) is 9.01. The molecular weight excluding hydrogens is 850 g/mol. The lowest BCUT2D eigenvalue weighted by Gasteiger charge is -2.31. The number of nitrogens with zero attached hydrogens (tertiary/aromatic N) is 3. The number of carbonyl (C=O) groups excluding carboxylic acids is 7. The van der Waals surface area contributed by atoms with E-state index in [1.54, 1.807) is 33.8 Å². The van der Waals surface area contributed by atoms with E-state index in [9.17, 15) is 53.4 Å².